The molecule has 2 aromatic carbocycles. The van der Waals surface area contributed by atoms with Crippen molar-refractivity contribution >= 4 is 11.8 Å². The van der Waals surface area contributed by atoms with Crippen molar-refractivity contribution in [3.05, 3.63) is 65.7 Å². The second-order valence-electron chi connectivity index (χ2n) is 6.50. The van der Waals surface area contributed by atoms with Crippen LogP contribution in [0.3, 0.4) is 0 Å². The molecule has 0 unspecified atom stereocenters. The van der Waals surface area contributed by atoms with Crippen LogP contribution >= 0.6 is 0 Å². The molecule has 2 aromatic rings. The molecular formula is C22H28N2O3. The highest BCUT2D eigenvalue weighted by molar-refractivity contribution is 5.88. The standard InChI is InChI=1S/C22H28N2O3/c1-4-14-23-22(26)17(2)24(16-19-8-6-5-7-9-19)21(25)15-18-10-12-20(27-3)13-11-18/h5-13,17H,4,14-16H2,1-3H3,(H,23,26)/t17-/m0/s1. The summed E-state index contributed by atoms with van der Waals surface area (Å²) in [5.74, 6) is 0.540. The van der Waals surface area contributed by atoms with E-state index in [-0.39, 0.29) is 18.2 Å². The van der Waals surface area contributed by atoms with Gasteiger partial charge in [0.05, 0.1) is 13.5 Å². The normalized spacial score (nSPS) is 11.5. The number of methoxy groups -OCH3 is 1. The number of amides is 2. The van der Waals surface area contributed by atoms with Crippen LogP contribution in [0, 0.1) is 0 Å². The maximum absolute atomic E-state index is 13.0. The van der Waals surface area contributed by atoms with Crippen LogP contribution in [0.1, 0.15) is 31.4 Å². The van der Waals surface area contributed by atoms with E-state index in [2.05, 4.69) is 5.32 Å². The molecule has 2 amide bonds. The van der Waals surface area contributed by atoms with E-state index in [0.29, 0.717) is 13.1 Å². The van der Waals surface area contributed by atoms with Gasteiger partial charge < -0.3 is 15.0 Å². The molecule has 5 nitrogen and oxygen atoms in total. The topological polar surface area (TPSA) is 58.6 Å². The molecule has 144 valence electrons. The van der Waals surface area contributed by atoms with Crippen LogP contribution in [-0.2, 0) is 22.6 Å². The van der Waals surface area contributed by atoms with Crippen molar-refractivity contribution in [1.82, 2.24) is 10.2 Å². The van der Waals surface area contributed by atoms with Gasteiger partial charge in [-0.2, -0.15) is 0 Å². The molecule has 0 saturated heterocycles. The van der Waals surface area contributed by atoms with E-state index in [4.69, 9.17) is 4.74 Å². The molecule has 5 heteroatoms. The summed E-state index contributed by atoms with van der Waals surface area (Å²) >= 11 is 0. The Morgan fingerprint density at radius 2 is 1.70 bits per heavy atom. The molecule has 0 radical (unpaired) electrons. The lowest BCUT2D eigenvalue weighted by Crippen LogP contribution is -2.48. The first kappa shape index (κ1) is 20.5. The first-order valence-corrected chi connectivity index (χ1v) is 9.29. The Morgan fingerprint density at radius 1 is 1.04 bits per heavy atom. The maximum Gasteiger partial charge on any atom is 0.242 e. The number of hydrogen-bond acceptors (Lipinski definition) is 3. The molecule has 0 spiro atoms. The van der Waals surface area contributed by atoms with Crippen molar-refractivity contribution in [2.24, 2.45) is 0 Å². The first-order chi connectivity index (χ1) is 13.0. The summed E-state index contributed by atoms with van der Waals surface area (Å²) in [5, 5.41) is 2.88. The SMILES string of the molecule is CCCNC(=O)[C@H](C)N(Cc1ccccc1)C(=O)Cc1ccc(OC)cc1. The number of hydrogen-bond donors (Lipinski definition) is 1. The monoisotopic (exact) mass is 368 g/mol. The molecule has 1 atom stereocenters. The van der Waals surface area contributed by atoms with Gasteiger partial charge in [0.15, 0.2) is 0 Å². The molecule has 27 heavy (non-hydrogen) atoms. The van der Waals surface area contributed by atoms with Crippen molar-refractivity contribution < 1.29 is 14.3 Å². The fourth-order valence-corrected chi connectivity index (χ4v) is 2.78. The molecule has 2 rings (SSSR count). The minimum absolute atomic E-state index is 0.0804. The number of ether oxygens (including phenoxy) is 1. The zero-order chi connectivity index (χ0) is 19.6. The molecule has 0 aliphatic rings. The van der Waals surface area contributed by atoms with Crippen molar-refractivity contribution in [1.29, 1.82) is 0 Å². The van der Waals surface area contributed by atoms with E-state index in [1.54, 1.807) is 18.9 Å². The Morgan fingerprint density at radius 3 is 2.30 bits per heavy atom. The first-order valence-electron chi connectivity index (χ1n) is 9.29. The van der Waals surface area contributed by atoms with E-state index in [0.717, 1.165) is 23.3 Å². The fourth-order valence-electron chi connectivity index (χ4n) is 2.78. The molecule has 0 fully saturated rings. The maximum atomic E-state index is 13.0. The average Bonchev–Trinajstić information content (AvgIpc) is 2.71. The van der Waals surface area contributed by atoms with E-state index < -0.39 is 6.04 Å². The second-order valence-corrected chi connectivity index (χ2v) is 6.50. The second kappa shape index (κ2) is 10.4. The highest BCUT2D eigenvalue weighted by atomic mass is 16.5. The van der Waals surface area contributed by atoms with Crippen molar-refractivity contribution in [2.75, 3.05) is 13.7 Å². The Kier molecular flexibility index (Phi) is 7.86. The number of nitrogens with zero attached hydrogens (tertiary/aromatic N) is 1. The molecule has 0 saturated carbocycles. The summed E-state index contributed by atoms with van der Waals surface area (Å²) in [6.07, 6.45) is 1.10. The van der Waals surface area contributed by atoms with Crippen LogP contribution in [0.2, 0.25) is 0 Å². The van der Waals surface area contributed by atoms with Crippen LogP contribution in [0.4, 0.5) is 0 Å². The van der Waals surface area contributed by atoms with Gasteiger partial charge in [0.1, 0.15) is 11.8 Å². The van der Waals surface area contributed by atoms with Gasteiger partial charge >= 0.3 is 0 Å². The Bertz CT molecular complexity index is 729. The number of benzene rings is 2. The molecule has 0 aromatic heterocycles. The quantitative estimate of drug-likeness (QED) is 0.740. The van der Waals surface area contributed by atoms with Gasteiger partial charge in [-0.25, -0.2) is 0 Å². The third-order valence-corrected chi connectivity index (χ3v) is 4.43. The molecular weight excluding hydrogens is 340 g/mol. The highest BCUT2D eigenvalue weighted by Crippen LogP contribution is 2.15. The minimum atomic E-state index is -0.539. The van der Waals surface area contributed by atoms with Gasteiger partial charge in [0, 0.05) is 13.1 Å². The van der Waals surface area contributed by atoms with Crippen LogP contribution in [0.15, 0.2) is 54.6 Å². The lowest BCUT2D eigenvalue weighted by Gasteiger charge is -2.29. The molecule has 0 aliphatic carbocycles. The molecule has 0 bridgehead atoms. The van der Waals surface area contributed by atoms with Crippen LogP contribution in [0.25, 0.3) is 0 Å². The third kappa shape index (κ3) is 6.13. The summed E-state index contributed by atoms with van der Waals surface area (Å²) in [5.41, 5.74) is 1.88. The Hall–Kier alpha value is -2.82. The Balaban J connectivity index is 2.15. The highest BCUT2D eigenvalue weighted by Gasteiger charge is 2.25. The minimum Gasteiger partial charge on any atom is -0.497 e. The molecule has 1 N–H and O–H groups in total. The number of carbonyl (C=O) groups excluding carboxylic acids is 2. The smallest absolute Gasteiger partial charge is 0.242 e. The lowest BCUT2D eigenvalue weighted by atomic mass is 10.1. The van der Waals surface area contributed by atoms with Gasteiger partial charge in [-0.05, 0) is 36.6 Å². The average molecular weight is 368 g/mol. The number of nitrogens with one attached hydrogen (secondary N) is 1. The van der Waals surface area contributed by atoms with Gasteiger partial charge in [0.2, 0.25) is 11.8 Å². The molecule has 0 aliphatic heterocycles. The molecule has 0 heterocycles. The van der Waals surface area contributed by atoms with Crippen molar-refractivity contribution in [3.63, 3.8) is 0 Å². The number of rotatable bonds is 9. The summed E-state index contributed by atoms with van der Waals surface area (Å²) < 4.78 is 5.16. The van der Waals surface area contributed by atoms with Crippen LogP contribution < -0.4 is 10.1 Å². The lowest BCUT2D eigenvalue weighted by molar-refractivity contribution is -0.140. The van der Waals surface area contributed by atoms with Gasteiger partial charge in [0.25, 0.3) is 0 Å². The predicted molar refractivity (Wildman–Crippen MR) is 106 cm³/mol. The van der Waals surface area contributed by atoms with E-state index in [1.165, 1.54) is 0 Å². The largest absolute Gasteiger partial charge is 0.497 e. The summed E-state index contributed by atoms with van der Waals surface area (Å²) in [4.78, 5) is 27.1. The van der Waals surface area contributed by atoms with Crippen molar-refractivity contribution in [3.8, 4) is 5.75 Å². The van der Waals surface area contributed by atoms with Gasteiger partial charge in [-0.3, -0.25) is 9.59 Å². The summed E-state index contributed by atoms with van der Waals surface area (Å²) in [7, 11) is 1.61. The van der Waals surface area contributed by atoms with Crippen molar-refractivity contribution in [2.45, 2.75) is 39.3 Å². The van der Waals surface area contributed by atoms with Crippen LogP contribution in [0.5, 0.6) is 5.75 Å². The van der Waals surface area contributed by atoms with Gasteiger partial charge in [-0.1, -0.05) is 49.4 Å². The van der Waals surface area contributed by atoms with Gasteiger partial charge in [-0.15, -0.1) is 0 Å². The summed E-state index contributed by atoms with van der Waals surface area (Å²) in [6.45, 7) is 4.78. The third-order valence-electron chi connectivity index (χ3n) is 4.43. The zero-order valence-electron chi connectivity index (χ0n) is 16.3. The fraction of sp³-hybridized carbons (Fsp3) is 0.364. The van der Waals surface area contributed by atoms with E-state index in [1.807, 2.05) is 61.5 Å². The summed E-state index contributed by atoms with van der Waals surface area (Å²) in [6, 6.07) is 16.6. The zero-order valence-corrected chi connectivity index (χ0v) is 16.3. The predicted octanol–water partition coefficient (Wildman–Crippen LogP) is 3.18. The Labute approximate surface area is 161 Å². The van der Waals surface area contributed by atoms with E-state index >= 15 is 0 Å². The number of carbonyl (C=O) groups is 2. The van der Waals surface area contributed by atoms with Crippen LogP contribution in [-0.4, -0.2) is 36.4 Å². The van der Waals surface area contributed by atoms with E-state index in [9.17, 15) is 9.59 Å².